The van der Waals surface area contributed by atoms with Crippen LogP contribution in [0.25, 0.3) is 22.9 Å². The molecule has 0 amide bonds. The third kappa shape index (κ3) is 2.62. The van der Waals surface area contributed by atoms with Crippen LogP contribution in [0.5, 0.6) is 0 Å². The quantitative estimate of drug-likeness (QED) is 0.633. The third-order valence-corrected chi connectivity index (χ3v) is 3.79. The van der Waals surface area contributed by atoms with Gasteiger partial charge in [0.25, 0.3) is 0 Å². The summed E-state index contributed by atoms with van der Waals surface area (Å²) in [6.07, 6.45) is 0. The third-order valence-electron chi connectivity index (χ3n) is 2.60. The van der Waals surface area contributed by atoms with Crippen molar-refractivity contribution in [2.75, 3.05) is 0 Å². The van der Waals surface area contributed by atoms with Gasteiger partial charge in [0.2, 0.25) is 11.8 Å². The van der Waals surface area contributed by atoms with Gasteiger partial charge in [-0.05, 0) is 46.3 Å². The van der Waals surface area contributed by atoms with Gasteiger partial charge in [-0.15, -0.1) is 10.2 Å². The molecule has 3 nitrogen and oxygen atoms in total. The van der Waals surface area contributed by atoms with Crippen molar-refractivity contribution in [3.8, 4) is 22.9 Å². The van der Waals surface area contributed by atoms with Crippen molar-refractivity contribution in [3.05, 3.63) is 57.5 Å². The minimum Gasteiger partial charge on any atom is -0.416 e. The van der Waals surface area contributed by atoms with E-state index in [0.717, 1.165) is 20.1 Å². The van der Waals surface area contributed by atoms with Gasteiger partial charge in [0, 0.05) is 14.5 Å². The van der Waals surface area contributed by atoms with Crippen molar-refractivity contribution in [2.24, 2.45) is 0 Å². The lowest BCUT2D eigenvalue weighted by Gasteiger charge is -1.99. The Kier molecular flexibility index (Phi) is 3.48. The first-order valence-corrected chi connectivity index (χ1v) is 7.17. The summed E-state index contributed by atoms with van der Waals surface area (Å²) in [4.78, 5) is 0. The number of aromatic nitrogens is 2. The smallest absolute Gasteiger partial charge is 0.249 e. The number of hydrogen-bond donors (Lipinski definition) is 0. The SMILES string of the molecule is Brc1ccc(Br)c(-c2nnc(-c3ccccc3)o2)c1. The van der Waals surface area contributed by atoms with Crippen LogP contribution >= 0.6 is 31.9 Å². The summed E-state index contributed by atoms with van der Waals surface area (Å²) in [5, 5.41) is 8.18. The average Bonchev–Trinajstić information content (AvgIpc) is 2.92. The molecule has 0 radical (unpaired) electrons. The summed E-state index contributed by atoms with van der Waals surface area (Å²) in [5.74, 6) is 1.01. The lowest BCUT2D eigenvalue weighted by molar-refractivity contribution is 0.584. The maximum atomic E-state index is 5.72. The Balaban J connectivity index is 2.04. The van der Waals surface area contributed by atoms with Crippen LogP contribution in [0.2, 0.25) is 0 Å². The molecule has 2 aromatic carbocycles. The standard InChI is InChI=1S/C14H8Br2N2O/c15-10-6-7-12(16)11(8-10)14-18-17-13(19-14)9-4-2-1-3-5-9/h1-8H. The minimum absolute atomic E-state index is 0.493. The predicted octanol–water partition coefficient (Wildman–Crippen LogP) is 4.93. The molecule has 0 aliphatic rings. The second-order valence-corrected chi connectivity index (χ2v) is 5.67. The zero-order valence-corrected chi connectivity index (χ0v) is 12.8. The van der Waals surface area contributed by atoms with Gasteiger partial charge in [-0.2, -0.15) is 0 Å². The molecule has 3 aromatic rings. The summed E-state index contributed by atoms with van der Waals surface area (Å²) in [5.41, 5.74) is 1.77. The van der Waals surface area contributed by atoms with Gasteiger partial charge in [0.1, 0.15) is 0 Å². The molecule has 1 heterocycles. The highest BCUT2D eigenvalue weighted by atomic mass is 79.9. The van der Waals surface area contributed by atoms with E-state index in [9.17, 15) is 0 Å². The molecule has 94 valence electrons. The number of benzene rings is 2. The molecule has 5 heteroatoms. The van der Waals surface area contributed by atoms with Crippen molar-refractivity contribution in [1.29, 1.82) is 0 Å². The lowest BCUT2D eigenvalue weighted by Crippen LogP contribution is -1.80. The first-order valence-electron chi connectivity index (χ1n) is 5.58. The van der Waals surface area contributed by atoms with Gasteiger partial charge < -0.3 is 4.42 Å². The van der Waals surface area contributed by atoms with Gasteiger partial charge in [-0.3, -0.25) is 0 Å². The van der Waals surface area contributed by atoms with E-state index in [1.165, 1.54) is 0 Å². The largest absolute Gasteiger partial charge is 0.416 e. The highest BCUT2D eigenvalue weighted by molar-refractivity contribution is 9.11. The summed E-state index contributed by atoms with van der Waals surface area (Å²) < 4.78 is 7.60. The van der Waals surface area contributed by atoms with E-state index in [4.69, 9.17) is 4.42 Å². The molecule has 0 aliphatic heterocycles. The van der Waals surface area contributed by atoms with Crippen LogP contribution in [-0.2, 0) is 0 Å². The molecular formula is C14H8Br2N2O. The normalized spacial score (nSPS) is 10.6. The van der Waals surface area contributed by atoms with Crippen LogP contribution < -0.4 is 0 Å². The fourth-order valence-electron chi connectivity index (χ4n) is 1.69. The molecule has 0 bridgehead atoms. The number of hydrogen-bond acceptors (Lipinski definition) is 3. The van der Waals surface area contributed by atoms with Crippen LogP contribution in [-0.4, -0.2) is 10.2 Å². The van der Waals surface area contributed by atoms with Crippen LogP contribution in [0, 0.1) is 0 Å². The highest BCUT2D eigenvalue weighted by Crippen LogP contribution is 2.31. The van der Waals surface area contributed by atoms with E-state index in [-0.39, 0.29) is 0 Å². The first kappa shape index (κ1) is 12.6. The minimum atomic E-state index is 0.493. The molecule has 0 saturated carbocycles. The van der Waals surface area contributed by atoms with Gasteiger partial charge in [-0.1, -0.05) is 34.1 Å². The summed E-state index contributed by atoms with van der Waals surface area (Å²) >= 11 is 6.92. The summed E-state index contributed by atoms with van der Waals surface area (Å²) in [6.45, 7) is 0. The van der Waals surface area contributed by atoms with Crippen LogP contribution in [0.3, 0.4) is 0 Å². The maximum absolute atomic E-state index is 5.72. The van der Waals surface area contributed by atoms with Crippen LogP contribution in [0.4, 0.5) is 0 Å². The Labute approximate surface area is 126 Å². The Bertz CT molecular complexity index is 710. The van der Waals surface area contributed by atoms with E-state index in [1.54, 1.807) is 0 Å². The van der Waals surface area contributed by atoms with Crippen LogP contribution in [0.15, 0.2) is 61.9 Å². The molecule has 0 atom stereocenters. The Hall–Kier alpha value is -1.46. The molecule has 0 N–H and O–H groups in total. The van der Waals surface area contributed by atoms with Crippen molar-refractivity contribution in [1.82, 2.24) is 10.2 Å². The first-order chi connectivity index (χ1) is 9.24. The molecule has 3 rings (SSSR count). The van der Waals surface area contributed by atoms with Crippen molar-refractivity contribution in [3.63, 3.8) is 0 Å². The van der Waals surface area contributed by atoms with Crippen molar-refractivity contribution < 1.29 is 4.42 Å². The van der Waals surface area contributed by atoms with Gasteiger partial charge in [0.15, 0.2) is 0 Å². The molecule has 1 aromatic heterocycles. The van der Waals surface area contributed by atoms with E-state index in [2.05, 4.69) is 42.1 Å². The molecule has 19 heavy (non-hydrogen) atoms. The van der Waals surface area contributed by atoms with E-state index >= 15 is 0 Å². The van der Waals surface area contributed by atoms with Gasteiger partial charge in [-0.25, -0.2) is 0 Å². The second kappa shape index (κ2) is 5.27. The number of nitrogens with zero attached hydrogens (tertiary/aromatic N) is 2. The van der Waals surface area contributed by atoms with Gasteiger partial charge >= 0.3 is 0 Å². The average molecular weight is 380 g/mol. The zero-order chi connectivity index (χ0) is 13.2. The van der Waals surface area contributed by atoms with Crippen molar-refractivity contribution >= 4 is 31.9 Å². The molecule has 0 unspecified atom stereocenters. The molecule has 0 aliphatic carbocycles. The fraction of sp³-hybridized carbons (Fsp3) is 0. The Morgan fingerprint density at radius 1 is 0.842 bits per heavy atom. The van der Waals surface area contributed by atoms with Crippen LogP contribution in [0.1, 0.15) is 0 Å². The Morgan fingerprint density at radius 3 is 2.37 bits per heavy atom. The zero-order valence-electron chi connectivity index (χ0n) is 9.68. The highest BCUT2D eigenvalue weighted by Gasteiger charge is 2.13. The second-order valence-electron chi connectivity index (χ2n) is 3.90. The topological polar surface area (TPSA) is 38.9 Å². The summed E-state index contributed by atoms with van der Waals surface area (Å²) in [7, 11) is 0. The van der Waals surface area contributed by atoms with E-state index in [1.807, 2.05) is 48.5 Å². The maximum Gasteiger partial charge on any atom is 0.249 e. The predicted molar refractivity (Wildman–Crippen MR) is 80.6 cm³/mol. The molecular weight excluding hydrogens is 372 g/mol. The monoisotopic (exact) mass is 378 g/mol. The summed E-state index contributed by atoms with van der Waals surface area (Å²) in [6, 6.07) is 15.5. The van der Waals surface area contributed by atoms with Crippen molar-refractivity contribution in [2.45, 2.75) is 0 Å². The Morgan fingerprint density at radius 2 is 1.58 bits per heavy atom. The van der Waals surface area contributed by atoms with E-state index < -0.39 is 0 Å². The van der Waals surface area contributed by atoms with Gasteiger partial charge in [0.05, 0.1) is 5.56 Å². The lowest BCUT2D eigenvalue weighted by atomic mass is 10.2. The fourth-order valence-corrected chi connectivity index (χ4v) is 2.47. The molecule has 0 fully saturated rings. The number of rotatable bonds is 2. The number of halogens is 2. The van der Waals surface area contributed by atoms with E-state index in [0.29, 0.717) is 11.8 Å². The molecule has 0 spiro atoms. The molecule has 0 saturated heterocycles.